The molecule has 84 valence electrons. The van der Waals surface area contributed by atoms with Gasteiger partial charge in [0.25, 0.3) is 0 Å². The Hall–Kier alpha value is -2.04. The predicted molar refractivity (Wildman–Crippen MR) is 62.1 cm³/mol. The van der Waals surface area contributed by atoms with Crippen molar-refractivity contribution in [2.24, 2.45) is 10.7 Å². The third-order valence-electron chi connectivity index (χ3n) is 2.37. The van der Waals surface area contributed by atoms with Gasteiger partial charge in [-0.2, -0.15) is 0 Å². The van der Waals surface area contributed by atoms with Crippen LogP contribution < -0.4 is 16.4 Å². The van der Waals surface area contributed by atoms with Crippen molar-refractivity contribution in [1.82, 2.24) is 10.6 Å². The number of nitrogens with one attached hydrogen (secondary N) is 2. The number of amides is 1. The van der Waals surface area contributed by atoms with E-state index in [1.807, 2.05) is 12.1 Å². The van der Waals surface area contributed by atoms with Crippen LogP contribution in [0.25, 0.3) is 0 Å². The number of primary amides is 1. The molecule has 0 radical (unpaired) electrons. The average Bonchev–Trinajstić information content (AvgIpc) is 2.80. The molecule has 0 aromatic heterocycles. The summed E-state index contributed by atoms with van der Waals surface area (Å²) in [6.45, 7) is 2.40. The molecule has 0 saturated heterocycles. The third kappa shape index (κ3) is 2.50. The van der Waals surface area contributed by atoms with Crippen LogP contribution in [0.1, 0.15) is 15.9 Å². The molecule has 1 aromatic rings. The summed E-state index contributed by atoms with van der Waals surface area (Å²) in [5, 5.41) is 6.29. The summed E-state index contributed by atoms with van der Waals surface area (Å²) in [5.41, 5.74) is 6.77. The predicted octanol–water partition coefficient (Wildman–Crippen LogP) is -0.166. The molecule has 2 rings (SSSR count). The molecule has 0 atom stereocenters. The number of nitrogens with two attached hydrogens (primary N) is 1. The van der Waals surface area contributed by atoms with E-state index in [1.165, 1.54) is 0 Å². The van der Waals surface area contributed by atoms with Gasteiger partial charge in [-0.15, -0.1) is 0 Å². The molecule has 1 aliphatic rings. The lowest BCUT2D eigenvalue weighted by Gasteiger charge is -2.06. The van der Waals surface area contributed by atoms with Crippen molar-refractivity contribution in [1.29, 1.82) is 0 Å². The number of benzene rings is 1. The zero-order valence-corrected chi connectivity index (χ0v) is 8.86. The van der Waals surface area contributed by atoms with E-state index in [9.17, 15) is 4.79 Å². The van der Waals surface area contributed by atoms with Gasteiger partial charge in [-0.3, -0.25) is 9.79 Å². The highest BCUT2D eigenvalue weighted by Crippen LogP contribution is 2.03. The highest BCUT2D eigenvalue weighted by Gasteiger charge is 2.04. The fraction of sp³-hybridized carbons (Fsp3) is 0.273. The second-order valence-electron chi connectivity index (χ2n) is 3.57. The zero-order chi connectivity index (χ0) is 11.4. The molecular formula is C11H14N4O. The molecule has 0 bridgehead atoms. The van der Waals surface area contributed by atoms with Crippen LogP contribution in [0.3, 0.4) is 0 Å². The summed E-state index contributed by atoms with van der Waals surface area (Å²) < 4.78 is 0. The van der Waals surface area contributed by atoms with Crippen LogP contribution in [0.4, 0.5) is 0 Å². The molecule has 0 unspecified atom stereocenters. The van der Waals surface area contributed by atoms with Crippen molar-refractivity contribution in [3.63, 3.8) is 0 Å². The van der Waals surface area contributed by atoms with E-state index in [-0.39, 0.29) is 0 Å². The molecule has 5 nitrogen and oxygen atoms in total. The quantitative estimate of drug-likeness (QED) is 0.659. The van der Waals surface area contributed by atoms with Crippen LogP contribution in [0, 0.1) is 0 Å². The molecule has 1 heterocycles. The summed E-state index contributed by atoms with van der Waals surface area (Å²) >= 11 is 0. The normalized spacial score (nSPS) is 14.1. The summed E-state index contributed by atoms with van der Waals surface area (Å²) in [6.07, 6.45) is 0. The molecule has 0 aliphatic carbocycles. The molecule has 5 heteroatoms. The van der Waals surface area contributed by atoms with E-state index in [4.69, 9.17) is 5.73 Å². The number of nitrogens with zero attached hydrogens (tertiary/aromatic N) is 1. The second-order valence-corrected chi connectivity index (χ2v) is 3.57. The van der Waals surface area contributed by atoms with E-state index < -0.39 is 5.91 Å². The number of carbonyl (C=O) groups is 1. The van der Waals surface area contributed by atoms with E-state index in [1.54, 1.807) is 12.1 Å². The van der Waals surface area contributed by atoms with Crippen LogP contribution in [-0.4, -0.2) is 25.0 Å². The minimum atomic E-state index is -0.402. The van der Waals surface area contributed by atoms with Crippen LogP contribution in [-0.2, 0) is 6.54 Å². The molecule has 1 aromatic carbocycles. The van der Waals surface area contributed by atoms with Gasteiger partial charge in [0.2, 0.25) is 5.91 Å². The van der Waals surface area contributed by atoms with Crippen LogP contribution in [0.2, 0.25) is 0 Å². The Labute approximate surface area is 93.7 Å². The number of carbonyl (C=O) groups excluding carboxylic acids is 1. The average molecular weight is 218 g/mol. The van der Waals surface area contributed by atoms with Crippen molar-refractivity contribution in [2.45, 2.75) is 6.54 Å². The Bertz CT molecular complexity index is 410. The molecule has 0 fully saturated rings. The Morgan fingerprint density at radius 1 is 1.44 bits per heavy atom. The minimum Gasteiger partial charge on any atom is -0.366 e. The third-order valence-corrected chi connectivity index (χ3v) is 2.37. The van der Waals surface area contributed by atoms with Gasteiger partial charge < -0.3 is 16.4 Å². The van der Waals surface area contributed by atoms with Gasteiger partial charge in [-0.1, -0.05) is 12.1 Å². The highest BCUT2D eigenvalue weighted by atomic mass is 16.1. The summed E-state index contributed by atoms with van der Waals surface area (Å²) in [6, 6.07) is 7.21. The molecular weight excluding hydrogens is 204 g/mol. The lowest BCUT2D eigenvalue weighted by atomic mass is 10.1. The van der Waals surface area contributed by atoms with Crippen molar-refractivity contribution >= 4 is 11.9 Å². The Morgan fingerprint density at radius 3 is 2.75 bits per heavy atom. The number of aliphatic imine (C=N–C) groups is 1. The number of rotatable bonds is 3. The first kappa shape index (κ1) is 10.5. The van der Waals surface area contributed by atoms with Crippen LogP contribution in [0.5, 0.6) is 0 Å². The first-order valence-corrected chi connectivity index (χ1v) is 5.16. The molecule has 1 amide bonds. The van der Waals surface area contributed by atoms with Crippen molar-refractivity contribution in [3.8, 4) is 0 Å². The second kappa shape index (κ2) is 4.65. The van der Waals surface area contributed by atoms with E-state index in [0.717, 1.165) is 24.6 Å². The Kier molecular flexibility index (Phi) is 3.05. The van der Waals surface area contributed by atoms with Crippen molar-refractivity contribution < 1.29 is 4.79 Å². The molecule has 1 aliphatic heterocycles. The van der Waals surface area contributed by atoms with Gasteiger partial charge in [0.15, 0.2) is 5.96 Å². The number of guanidine groups is 1. The first-order chi connectivity index (χ1) is 7.75. The zero-order valence-electron chi connectivity index (χ0n) is 8.86. The standard InChI is InChI=1S/C11H14N4O/c12-10(16)9-3-1-8(2-4-9)7-15-11-13-5-6-14-11/h1-4H,5-7H2,(H2,12,16)(H2,13,14,15). The summed E-state index contributed by atoms with van der Waals surface area (Å²) in [5.74, 6) is 0.431. The van der Waals surface area contributed by atoms with E-state index >= 15 is 0 Å². The smallest absolute Gasteiger partial charge is 0.248 e. The maximum Gasteiger partial charge on any atom is 0.248 e. The van der Waals surface area contributed by atoms with Gasteiger partial charge in [-0.05, 0) is 17.7 Å². The van der Waals surface area contributed by atoms with Crippen molar-refractivity contribution in [2.75, 3.05) is 13.1 Å². The SMILES string of the molecule is NC(=O)c1ccc(CNC2=NCCN2)cc1. The monoisotopic (exact) mass is 218 g/mol. The van der Waals surface area contributed by atoms with E-state index in [0.29, 0.717) is 12.1 Å². The van der Waals surface area contributed by atoms with Crippen molar-refractivity contribution in [3.05, 3.63) is 35.4 Å². The molecule has 0 spiro atoms. The van der Waals surface area contributed by atoms with Gasteiger partial charge in [0, 0.05) is 18.7 Å². The lowest BCUT2D eigenvalue weighted by molar-refractivity contribution is 0.100. The summed E-state index contributed by atoms with van der Waals surface area (Å²) in [4.78, 5) is 15.1. The van der Waals surface area contributed by atoms with Gasteiger partial charge in [0.1, 0.15) is 0 Å². The lowest BCUT2D eigenvalue weighted by Crippen LogP contribution is -2.33. The van der Waals surface area contributed by atoms with Gasteiger partial charge in [0.05, 0.1) is 6.54 Å². The summed E-state index contributed by atoms with van der Waals surface area (Å²) in [7, 11) is 0. The maximum absolute atomic E-state index is 10.9. The molecule has 4 N–H and O–H groups in total. The number of hydrogen-bond donors (Lipinski definition) is 3. The molecule has 16 heavy (non-hydrogen) atoms. The van der Waals surface area contributed by atoms with E-state index in [2.05, 4.69) is 15.6 Å². The first-order valence-electron chi connectivity index (χ1n) is 5.16. The van der Waals surface area contributed by atoms with Crippen LogP contribution >= 0.6 is 0 Å². The minimum absolute atomic E-state index is 0.402. The van der Waals surface area contributed by atoms with Crippen LogP contribution in [0.15, 0.2) is 29.3 Å². The topological polar surface area (TPSA) is 79.5 Å². The highest BCUT2D eigenvalue weighted by molar-refractivity contribution is 5.92. The Morgan fingerprint density at radius 2 is 2.19 bits per heavy atom. The Balaban J connectivity index is 1.92. The fourth-order valence-corrected chi connectivity index (χ4v) is 1.49. The fourth-order valence-electron chi connectivity index (χ4n) is 1.49. The largest absolute Gasteiger partial charge is 0.366 e. The molecule has 0 saturated carbocycles. The number of hydrogen-bond acceptors (Lipinski definition) is 4. The van der Waals surface area contributed by atoms with Gasteiger partial charge in [-0.25, -0.2) is 0 Å². The maximum atomic E-state index is 10.9. The van der Waals surface area contributed by atoms with Gasteiger partial charge >= 0.3 is 0 Å².